The van der Waals surface area contributed by atoms with Crippen molar-refractivity contribution in [2.45, 2.75) is 26.3 Å². The molecule has 186 valence electrons. The van der Waals surface area contributed by atoms with Gasteiger partial charge in [0.1, 0.15) is 11.5 Å². The normalized spacial score (nSPS) is 20.5. The van der Waals surface area contributed by atoms with E-state index in [-0.39, 0.29) is 11.3 Å². The fourth-order valence-corrected chi connectivity index (χ4v) is 4.41. The van der Waals surface area contributed by atoms with Gasteiger partial charge in [0.05, 0.1) is 31.4 Å². The number of carbonyl (C=O) groups excluding carboxylic acids is 2. The van der Waals surface area contributed by atoms with Crippen molar-refractivity contribution in [3.63, 3.8) is 0 Å². The number of pyridine rings is 1. The smallest absolute Gasteiger partial charge is 0.295 e. The standard InChI is InChI=1S/C27H33N3O5/c1-19(2)18-35-22-8-6-20(7-9-22)25(31)23-24(21-5-3-10-28-17-21)30(27(33)26(23)32)12-4-11-29-13-15-34-16-14-29/h3,5-10,17,19,24,31H,4,11-16,18H2,1-2H3/t24-/m1/s1. The second-order valence-electron chi connectivity index (χ2n) is 9.32. The minimum absolute atomic E-state index is 0.0882. The van der Waals surface area contributed by atoms with Crippen LogP contribution in [0.1, 0.15) is 37.4 Å². The minimum atomic E-state index is -0.690. The zero-order valence-corrected chi connectivity index (χ0v) is 20.4. The molecule has 1 aromatic carbocycles. The summed E-state index contributed by atoms with van der Waals surface area (Å²) in [6, 6.07) is 9.84. The van der Waals surface area contributed by atoms with Gasteiger partial charge in [-0.3, -0.25) is 19.5 Å². The third kappa shape index (κ3) is 5.89. The Labute approximate surface area is 206 Å². The summed E-state index contributed by atoms with van der Waals surface area (Å²) < 4.78 is 11.1. The van der Waals surface area contributed by atoms with Gasteiger partial charge in [0.15, 0.2) is 0 Å². The van der Waals surface area contributed by atoms with E-state index in [9.17, 15) is 14.7 Å². The van der Waals surface area contributed by atoms with Crippen LogP contribution in [0.25, 0.3) is 5.76 Å². The molecule has 1 aromatic heterocycles. The Morgan fingerprint density at radius 3 is 2.54 bits per heavy atom. The van der Waals surface area contributed by atoms with Crippen LogP contribution in [-0.4, -0.2) is 77.6 Å². The number of benzene rings is 1. The lowest BCUT2D eigenvalue weighted by Crippen LogP contribution is -2.39. The van der Waals surface area contributed by atoms with E-state index >= 15 is 0 Å². The summed E-state index contributed by atoms with van der Waals surface area (Å²) in [4.78, 5) is 34.3. The third-order valence-electron chi connectivity index (χ3n) is 6.23. The highest BCUT2D eigenvalue weighted by molar-refractivity contribution is 6.46. The van der Waals surface area contributed by atoms with Gasteiger partial charge in [-0.15, -0.1) is 0 Å². The number of ether oxygens (including phenoxy) is 2. The molecule has 0 saturated carbocycles. The molecule has 2 aliphatic rings. The molecule has 2 aliphatic heterocycles. The highest BCUT2D eigenvalue weighted by Gasteiger charge is 2.45. The quantitative estimate of drug-likeness (QED) is 0.335. The molecule has 4 rings (SSSR count). The molecule has 0 bridgehead atoms. The molecule has 0 spiro atoms. The first-order valence-electron chi connectivity index (χ1n) is 12.2. The van der Waals surface area contributed by atoms with Gasteiger partial charge < -0.3 is 19.5 Å². The Kier molecular flexibility index (Phi) is 8.15. The monoisotopic (exact) mass is 479 g/mol. The molecule has 8 heteroatoms. The van der Waals surface area contributed by atoms with Crippen LogP contribution >= 0.6 is 0 Å². The van der Waals surface area contributed by atoms with E-state index in [0.29, 0.717) is 55.6 Å². The first-order chi connectivity index (χ1) is 17.0. The Morgan fingerprint density at radius 2 is 1.89 bits per heavy atom. The zero-order valence-electron chi connectivity index (χ0n) is 20.4. The minimum Gasteiger partial charge on any atom is -0.507 e. The molecule has 1 atom stereocenters. The average Bonchev–Trinajstić information content (AvgIpc) is 3.13. The average molecular weight is 480 g/mol. The maximum atomic E-state index is 13.1. The van der Waals surface area contributed by atoms with Crippen LogP contribution in [-0.2, 0) is 14.3 Å². The number of ketones is 1. The molecule has 2 fully saturated rings. The summed E-state index contributed by atoms with van der Waals surface area (Å²) in [5.41, 5.74) is 1.24. The van der Waals surface area contributed by atoms with Crippen LogP contribution in [0.3, 0.4) is 0 Å². The van der Waals surface area contributed by atoms with Crippen LogP contribution in [0.4, 0.5) is 0 Å². The number of aliphatic hydroxyl groups is 1. The molecule has 3 heterocycles. The van der Waals surface area contributed by atoms with Crippen molar-refractivity contribution in [2.24, 2.45) is 5.92 Å². The van der Waals surface area contributed by atoms with E-state index in [0.717, 1.165) is 19.6 Å². The zero-order chi connectivity index (χ0) is 24.8. The van der Waals surface area contributed by atoms with Crippen molar-refractivity contribution in [3.05, 3.63) is 65.5 Å². The topological polar surface area (TPSA) is 92.2 Å². The van der Waals surface area contributed by atoms with Crippen molar-refractivity contribution >= 4 is 17.4 Å². The van der Waals surface area contributed by atoms with E-state index in [4.69, 9.17) is 9.47 Å². The number of carbonyl (C=O) groups is 2. The van der Waals surface area contributed by atoms with Crippen molar-refractivity contribution in [3.8, 4) is 5.75 Å². The van der Waals surface area contributed by atoms with E-state index in [1.165, 1.54) is 0 Å². The fourth-order valence-electron chi connectivity index (χ4n) is 4.41. The van der Waals surface area contributed by atoms with Crippen LogP contribution in [0.15, 0.2) is 54.4 Å². The molecule has 1 amide bonds. The second-order valence-corrected chi connectivity index (χ2v) is 9.32. The molecule has 0 radical (unpaired) electrons. The fraction of sp³-hybridized carbons (Fsp3) is 0.444. The number of aliphatic hydroxyl groups excluding tert-OH is 1. The van der Waals surface area contributed by atoms with Crippen molar-refractivity contribution in [1.29, 1.82) is 0 Å². The third-order valence-corrected chi connectivity index (χ3v) is 6.23. The molecule has 1 N–H and O–H groups in total. The Balaban J connectivity index is 1.59. The number of aromatic nitrogens is 1. The van der Waals surface area contributed by atoms with Crippen LogP contribution in [0.5, 0.6) is 5.75 Å². The maximum absolute atomic E-state index is 13.1. The number of Topliss-reactive ketones (excluding diaryl/α,β-unsaturated/α-hetero) is 1. The van der Waals surface area contributed by atoms with Gasteiger partial charge in [0.2, 0.25) is 0 Å². The van der Waals surface area contributed by atoms with Gasteiger partial charge in [-0.25, -0.2) is 0 Å². The number of hydrogen-bond acceptors (Lipinski definition) is 7. The SMILES string of the molecule is CC(C)COc1ccc(C(O)=C2C(=O)C(=O)N(CCCN3CCOCC3)[C@@H]2c2cccnc2)cc1. The summed E-state index contributed by atoms with van der Waals surface area (Å²) in [6.07, 6.45) is 4.00. The molecule has 8 nitrogen and oxygen atoms in total. The molecule has 0 aliphatic carbocycles. The van der Waals surface area contributed by atoms with E-state index < -0.39 is 17.7 Å². The summed E-state index contributed by atoms with van der Waals surface area (Å²) in [6.45, 7) is 9.08. The summed E-state index contributed by atoms with van der Waals surface area (Å²) in [5, 5.41) is 11.2. The molecule has 35 heavy (non-hydrogen) atoms. The lowest BCUT2D eigenvalue weighted by atomic mass is 9.96. The van der Waals surface area contributed by atoms with Crippen molar-refractivity contribution < 1.29 is 24.2 Å². The maximum Gasteiger partial charge on any atom is 0.295 e. The van der Waals surface area contributed by atoms with Gasteiger partial charge in [0, 0.05) is 44.1 Å². The predicted molar refractivity (Wildman–Crippen MR) is 132 cm³/mol. The van der Waals surface area contributed by atoms with Gasteiger partial charge in [0.25, 0.3) is 11.7 Å². The largest absolute Gasteiger partial charge is 0.507 e. The van der Waals surface area contributed by atoms with Crippen LogP contribution in [0, 0.1) is 5.92 Å². The number of morpholine rings is 1. The Hall–Kier alpha value is -3.23. The van der Waals surface area contributed by atoms with E-state index in [1.807, 2.05) is 6.07 Å². The van der Waals surface area contributed by atoms with Gasteiger partial charge in [-0.1, -0.05) is 19.9 Å². The molecule has 2 aromatic rings. The van der Waals surface area contributed by atoms with Gasteiger partial charge >= 0.3 is 0 Å². The van der Waals surface area contributed by atoms with Crippen LogP contribution in [0.2, 0.25) is 0 Å². The second kappa shape index (κ2) is 11.5. The Bertz CT molecular complexity index is 1050. The first kappa shape index (κ1) is 24.9. The lowest BCUT2D eigenvalue weighted by Gasteiger charge is -2.29. The molecule has 2 saturated heterocycles. The molecular formula is C27H33N3O5. The number of amides is 1. The van der Waals surface area contributed by atoms with E-state index in [1.54, 1.807) is 47.6 Å². The molecule has 0 unspecified atom stereocenters. The molecular weight excluding hydrogens is 446 g/mol. The predicted octanol–water partition coefficient (Wildman–Crippen LogP) is 3.26. The highest BCUT2D eigenvalue weighted by Crippen LogP contribution is 2.39. The summed E-state index contributed by atoms with van der Waals surface area (Å²) in [7, 11) is 0. The van der Waals surface area contributed by atoms with Gasteiger partial charge in [-0.05, 0) is 48.2 Å². The van der Waals surface area contributed by atoms with Crippen LogP contribution < -0.4 is 4.74 Å². The lowest BCUT2D eigenvalue weighted by molar-refractivity contribution is -0.140. The van der Waals surface area contributed by atoms with Crippen molar-refractivity contribution in [2.75, 3.05) is 46.0 Å². The number of hydrogen-bond donors (Lipinski definition) is 1. The first-order valence-corrected chi connectivity index (χ1v) is 12.2. The number of nitrogens with zero attached hydrogens (tertiary/aromatic N) is 3. The van der Waals surface area contributed by atoms with Crippen molar-refractivity contribution in [1.82, 2.24) is 14.8 Å². The summed E-state index contributed by atoms with van der Waals surface area (Å²) >= 11 is 0. The number of rotatable bonds is 9. The van der Waals surface area contributed by atoms with Gasteiger partial charge in [-0.2, -0.15) is 0 Å². The highest BCUT2D eigenvalue weighted by atomic mass is 16.5. The number of likely N-dealkylation sites (tertiary alicyclic amines) is 1. The summed E-state index contributed by atoms with van der Waals surface area (Å²) in [5.74, 6) is -0.394. The Morgan fingerprint density at radius 1 is 1.14 bits per heavy atom. The van der Waals surface area contributed by atoms with E-state index in [2.05, 4.69) is 23.7 Å².